The molecule has 0 radical (unpaired) electrons. The van der Waals surface area contributed by atoms with Crippen LogP contribution < -0.4 is 16.0 Å². The first-order valence-electron chi connectivity index (χ1n) is 11.2. The van der Waals surface area contributed by atoms with Gasteiger partial charge in [0.2, 0.25) is 11.8 Å². The molecule has 10 heteroatoms. The Balaban J connectivity index is -0.0000000681. The summed E-state index contributed by atoms with van der Waals surface area (Å²) in [7, 11) is 20.5. The summed E-state index contributed by atoms with van der Waals surface area (Å²) in [5, 5.41) is 25.8. The van der Waals surface area contributed by atoms with E-state index in [1.165, 1.54) is 18.7 Å². The van der Waals surface area contributed by atoms with Crippen molar-refractivity contribution in [3.8, 4) is 0 Å². The molecule has 0 bridgehead atoms. The van der Waals surface area contributed by atoms with Gasteiger partial charge in [-0.25, -0.2) is 0 Å². The summed E-state index contributed by atoms with van der Waals surface area (Å²) in [6, 6.07) is 0. The van der Waals surface area contributed by atoms with Crippen LogP contribution in [0.15, 0.2) is 0 Å². The Labute approximate surface area is 206 Å². The van der Waals surface area contributed by atoms with Crippen molar-refractivity contribution in [1.29, 1.82) is 0 Å². The first kappa shape index (κ1) is 45.2. The van der Waals surface area contributed by atoms with Crippen molar-refractivity contribution in [2.45, 2.75) is 52.7 Å². The van der Waals surface area contributed by atoms with Crippen LogP contribution in [0.2, 0.25) is 0 Å². The van der Waals surface area contributed by atoms with Crippen LogP contribution in [0.1, 0.15) is 40.5 Å². The Hall–Kier alpha value is -1.30. The first-order valence-corrected chi connectivity index (χ1v) is 11.2. The molecule has 0 saturated carbocycles. The Morgan fingerprint density at radius 3 is 1.12 bits per heavy atom. The van der Waals surface area contributed by atoms with Crippen LogP contribution in [0.25, 0.3) is 0 Å². The van der Waals surface area contributed by atoms with E-state index in [1.807, 2.05) is 80.0 Å². The number of likely N-dealkylation sites (N-methyl/N-ethyl adjacent to an activating group) is 2. The fraction of sp³-hybridized carbons (Fsp3) is 0.913. The summed E-state index contributed by atoms with van der Waals surface area (Å²) in [6.07, 6.45) is 1.37. The molecule has 0 rings (SSSR count). The third kappa shape index (κ3) is 103. The number of rotatable bonds is 6. The van der Waals surface area contributed by atoms with Crippen LogP contribution in [0.3, 0.4) is 0 Å². The van der Waals surface area contributed by atoms with Crippen LogP contribution in [-0.2, 0) is 9.59 Å². The highest BCUT2D eigenvalue weighted by molar-refractivity contribution is 5.72. The van der Waals surface area contributed by atoms with E-state index in [0.717, 1.165) is 19.4 Å². The van der Waals surface area contributed by atoms with Crippen LogP contribution in [0.5, 0.6) is 0 Å². The van der Waals surface area contributed by atoms with Gasteiger partial charge in [-0.15, -0.1) is 0 Å². The molecule has 0 fully saturated rings. The smallest absolute Gasteiger partial charge is 0.218 e. The van der Waals surface area contributed by atoms with Crippen molar-refractivity contribution < 1.29 is 19.8 Å². The quantitative estimate of drug-likeness (QED) is 0.362. The van der Waals surface area contributed by atoms with Gasteiger partial charge in [0.15, 0.2) is 0 Å². The summed E-state index contributed by atoms with van der Waals surface area (Å²) in [5.74, 6) is 0.0972. The lowest BCUT2D eigenvalue weighted by molar-refractivity contribution is -0.126. The minimum Gasteiger partial charge on any atom is -0.392 e. The van der Waals surface area contributed by atoms with Gasteiger partial charge in [0.1, 0.15) is 0 Å². The van der Waals surface area contributed by atoms with E-state index >= 15 is 0 Å². The molecule has 2 amide bonds. The van der Waals surface area contributed by atoms with Gasteiger partial charge < -0.3 is 40.9 Å². The maximum atomic E-state index is 10.1. The van der Waals surface area contributed by atoms with Crippen molar-refractivity contribution in [3.05, 3.63) is 0 Å². The molecule has 0 aliphatic rings. The number of hydrogen-bond donors (Lipinski definition) is 5. The molecule has 0 spiro atoms. The number of carbonyl (C=O) groups is 2. The molecule has 0 aliphatic heterocycles. The topological polar surface area (TPSA) is 120 Å². The first-order chi connectivity index (χ1) is 15.0. The molecule has 0 heterocycles. The summed E-state index contributed by atoms with van der Waals surface area (Å²) in [5.41, 5.74) is 0. The third-order valence-corrected chi connectivity index (χ3v) is 2.94. The van der Waals surface area contributed by atoms with E-state index in [-0.39, 0.29) is 24.0 Å². The van der Waals surface area contributed by atoms with Gasteiger partial charge in [0, 0.05) is 48.1 Å². The third-order valence-electron chi connectivity index (χ3n) is 2.94. The van der Waals surface area contributed by atoms with Gasteiger partial charge in [-0.1, -0.05) is 13.8 Å². The van der Waals surface area contributed by atoms with Crippen LogP contribution >= 0.6 is 0 Å². The second kappa shape index (κ2) is 38.0. The highest BCUT2D eigenvalue weighted by Crippen LogP contribution is 1.89. The molecule has 0 aromatic carbocycles. The number of aliphatic hydroxyl groups is 2. The normalized spacial score (nSPS) is 10.6. The molecule has 0 aromatic rings. The second-order valence-electron chi connectivity index (χ2n) is 8.01. The monoisotopic (exact) mass is 484 g/mol. The van der Waals surface area contributed by atoms with Gasteiger partial charge in [-0.3, -0.25) is 9.59 Å². The minimum absolute atomic E-state index is 0.00463. The maximum absolute atomic E-state index is 10.1. The largest absolute Gasteiger partial charge is 0.392 e. The number of aliphatic hydroxyl groups excluding tert-OH is 2. The number of hydrogen-bond acceptors (Lipinski definition) is 8. The van der Waals surface area contributed by atoms with Crippen LogP contribution in [0.4, 0.5) is 0 Å². The standard InChI is InChI=1S/C6H15NO.C5H13NO.C4H9NO.C3H7NO.C3H9N.C2H7N/c1-4-6(8)5-7(2)3;1-3-5(7)4-6-2;1-4(6)5(2)3;1-3(5)4-2;1-4(2)3;1-3-2/h6,8H,4-5H2,1-3H3;5-7H,3-4H2,1-2H3;1-3H3;1-2H3,(H,4,5);1-3H3;3H,1-2H3. The predicted octanol–water partition coefficient (Wildman–Crippen LogP) is 0.156. The van der Waals surface area contributed by atoms with Gasteiger partial charge >= 0.3 is 0 Å². The Morgan fingerprint density at radius 1 is 0.788 bits per heavy atom. The molecule has 2 atom stereocenters. The minimum atomic E-state index is -0.162. The Kier molecular flexibility index (Phi) is 52.1. The van der Waals surface area contributed by atoms with E-state index in [9.17, 15) is 9.59 Å². The molecule has 0 aromatic heterocycles. The summed E-state index contributed by atoms with van der Waals surface area (Å²) < 4.78 is 0. The molecule has 206 valence electrons. The van der Waals surface area contributed by atoms with E-state index < -0.39 is 0 Å². The lowest BCUT2D eigenvalue weighted by atomic mass is 10.3. The highest BCUT2D eigenvalue weighted by Gasteiger charge is 1.99. The van der Waals surface area contributed by atoms with Crippen molar-refractivity contribution in [1.82, 2.24) is 30.7 Å². The number of nitrogens with zero attached hydrogens (tertiary/aromatic N) is 3. The molecule has 33 heavy (non-hydrogen) atoms. The lowest BCUT2D eigenvalue weighted by Crippen LogP contribution is -2.24. The number of carbonyl (C=O) groups excluding carboxylic acids is 2. The molecule has 0 aliphatic carbocycles. The molecule has 2 unspecified atom stereocenters. The number of nitrogens with one attached hydrogen (secondary N) is 3. The number of amides is 2. The molecule has 0 saturated heterocycles. The van der Waals surface area contributed by atoms with E-state index in [4.69, 9.17) is 10.2 Å². The molecule has 10 nitrogen and oxygen atoms in total. The SMILES string of the molecule is CC(=O)N(C)C.CCC(O)CN(C)C.CCC(O)CNC.CN(C)C.CNC.CNC(C)=O. The molecule has 5 N–H and O–H groups in total. The summed E-state index contributed by atoms with van der Waals surface area (Å²) in [4.78, 5) is 25.3. The van der Waals surface area contributed by atoms with Gasteiger partial charge in [0.25, 0.3) is 0 Å². The van der Waals surface area contributed by atoms with Crippen molar-refractivity contribution in [3.63, 3.8) is 0 Å². The van der Waals surface area contributed by atoms with E-state index in [1.54, 1.807) is 21.1 Å². The predicted molar refractivity (Wildman–Crippen MR) is 144 cm³/mol. The maximum Gasteiger partial charge on any atom is 0.218 e. The van der Waals surface area contributed by atoms with Gasteiger partial charge in [-0.2, -0.15) is 0 Å². The fourth-order valence-electron chi connectivity index (χ4n) is 0.931. The highest BCUT2D eigenvalue weighted by atomic mass is 16.3. The average Bonchev–Trinajstić information content (AvgIpc) is 2.69. The lowest BCUT2D eigenvalue weighted by Gasteiger charge is -2.13. The zero-order valence-electron chi connectivity index (χ0n) is 24.5. The van der Waals surface area contributed by atoms with Crippen LogP contribution in [0, 0.1) is 0 Å². The van der Waals surface area contributed by atoms with E-state index in [0.29, 0.717) is 6.54 Å². The fourth-order valence-corrected chi connectivity index (χ4v) is 0.931. The molecular formula is C23H60N6O4. The van der Waals surface area contributed by atoms with Crippen molar-refractivity contribution >= 4 is 11.8 Å². The molecular weight excluding hydrogens is 424 g/mol. The van der Waals surface area contributed by atoms with Gasteiger partial charge in [0.05, 0.1) is 12.2 Å². The zero-order chi connectivity index (χ0) is 28.0. The Bertz CT molecular complexity index is 368. The van der Waals surface area contributed by atoms with Crippen LogP contribution in [-0.4, -0.2) is 140 Å². The summed E-state index contributed by atoms with van der Waals surface area (Å²) >= 11 is 0. The second-order valence-corrected chi connectivity index (χ2v) is 8.01. The van der Waals surface area contributed by atoms with Crippen molar-refractivity contribution in [2.75, 3.05) is 90.6 Å². The van der Waals surface area contributed by atoms with Gasteiger partial charge in [-0.05, 0) is 69.2 Å². The average molecular weight is 485 g/mol. The van der Waals surface area contributed by atoms with E-state index in [2.05, 4.69) is 16.0 Å². The Morgan fingerprint density at radius 2 is 1.06 bits per heavy atom. The zero-order valence-corrected chi connectivity index (χ0v) is 24.5. The van der Waals surface area contributed by atoms with Crippen molar-refractivity contribution in [2.24, 2.45) is 0 Å². The summed E-state index contributed by atoms with van der Waals surface area (Å²) in [6.45, 7) is 8.42.